The Labute approximate surface area is 118 Å². The molecule has 0 radical (unpaired) electrons. The van der Waals surface area contributed by atoms with Crippen LogP contribution in [0.5, 0.6) is 5.75 Å². The molecule has 0 aliphatic heterocycles. The molecule has 1 unspecified atom stereocenters. The molecule has 0 aliphatic carbocycles. The molecule has 0 amide bonds. The highest BCUT2D eigenvalue weighted by molar-refractivity contribution is 5.67. The Balaban J connectivity index is 2.44. The summed E-state index contributed by atoms with van der Waals surface area (Å²) in [6.07, 6.45) is 0. The molecule has 1 atom stereocenters. The monoisotopic (exact) mass is 274 g/mol. The van der Waals surface area contributed by atoms with Crippen LogP contribution < -0.4 is 15.4 Å². The van der Waals surface area contributed by atoms with E-state index in [0.29, 0.717) is 5.69 Å². The number of anilines is 2. The van der Waals surface area contributed by atoms with Gasteiger partial charge in [-0.2, -0.15) is 0 Å². The molecule has 20 heavy (non-hydrogen) atoms. The average Bonchev–Trinajstić information content (AvgIpc) is 2.46. The number of hydrogen-bond acceptors (Lipinski definition) is 3. The van der Waals surface area contributed by atoms with Crippen molar-refractivity contribution < 1.29 is 9.13 Å². The van der Waals surface area contributed by atoms with E-state index in [9.17, 15) is 4.39 Å². The lowest BCUT2D eigenvalue weighted by atomic mass is 10.1. The van der Waals surface area contributed by atoms with E-state index in [1.54, 1.807) is 18.1 Å². The number of para-hydroxylation sites is 1. The summed E-state index contributed by atoms with van der Waals surface area (Å²) in [6.45, 7) is 1.85. The van der Waals surface area contributed by atoms with Gasteiger partial charge in [0.25, 0.3) is 0 Å². The third-order valence-corrected chi connectivity index (χ3v) is 3.30. The van der Waals surface area contributed by atoms with Crippen LogP contribution in [0.4, 0.5) is 15.8 Å². The zero-order valence-electron chi connectivity index (χ0n) is 11.9. The molecular weight excluding hydrogens is 255 g/mol. The number of hydrogen-bond donors (Lipinski definition) is 1. The normalized spacial score (nSPS) is 12.1. The lowest BCUT2D eigenvalue weighted by Crippen LogP contribution is -2.17. The van der Waals surface area contributed by atoms with Crippen molar-refractivity contribution in [2.45, 2.75) is 13.0 Å². The van der Waals surface area contributed by atoms with Crippen LogP contribution in [0.25, 0.3) is 0 Å². The van der Waals surface area contributed by atoms with Crippen LogP contribution in [-0.2, 0) is 0 Å². The molecule has 2 N–H and O–H groups in total. The molecule has 106 valence electrons. The van der Waals surface area contributed by atoms with Gasteiger partial charge in [0.05, 0.1) is 12.8 Å². The Morgan fingerprint density at radius 3 is 2.35 bits per heavy atom. The van der Waals surface area contributed by atoms with Gasteiger partial charge in [0, 0.05) is 18.8 Å². The SMILES string of the molecule is COc1ccc(N(C)c2c(F)cccc2C(C)N)cc1. The standard InChI is InChI=1S/C16H19FN2O/c1-11(18)14-5-4-6-15(17)16(14)19(2)12-7-9-13(20-3)10-8-12/h4-11H,18H2,1-3H3. The molecule has 3 nitrogen and oxygen atoms in total. The molecule has 0 bridgehead atoms. The summed E-state index contributed by atoms with van der Waals surface area (Å²) in [4.78, 5) is 1.80. The summed E-state index contributed by atoms with van der Waals surface area (Å²) in [7, 11) is 3.44. The summed E-state index contributed by atoms with van der Waals surface area (Å²) in [5.41, 5.74) is 8.09. The number of benzene rings is 2. The van der Waals surface area contributed by atoms with Crippen molar-refractivity contribution in [3.8, 4) is 5.75 Å². The second-order valence-corrected chi connectivity index (χ2v) is 4.72. The second-order valence-electron chi connectivity index (χ2n) is 4.72. The maximum absolute atomic E-state index is 14.2. The molecule has 0 aliphatic rings. The molecule has 0 heterocycles. The predicted molar refractivity (Wildman–Crippen MR) is 80.1 cm³/mol. The van der Waals surface area contributed by atoms with Gasteiger partial charge < -0.3 is 15.4 Å². The van der Waals surface area contributed by atoms with Crippen LogP contribution in [0.15, 0.2) is 42.5 Å². The van der Waals surface area contributed by atoms with Gasteiger partial charge in [-0.15, -0.1) is 0 Å². The topological polar surface area (TPSA) is 38.5 Å². The Bertz CT molecular complexity index is 582. The third-order valence-electron chi connectivity index (χ3n) is 3.30. The van der Waals surface area contributed by atoms with Crippen molar-refractivity contribution in [2.24, 2.45) is 5.73 Å². The van der Waals surface area contributed by atoms with Gasteiger partial charge in [-0.25, -0.2) is 4.39 Å². The highest BCUT2D eigenvalue weighted by Crippen LogP contribution is 2.33. The molecule has 2 rings (SSSR count). The summed E-state index contributed by atoms with van der Waals surface area (Å²) < 4.78 is 19.3. The first-order valence-corrected chi connectivity index (χ1v) is 6.46. The maximum atomic E-state index is 14.2. The lowest BCUT2D eigenvalue weighted by molar-refractivity contribution is 0.415. The maximum Gasteiger partial charge on any atom is 0.147 e. The van der Waals surface area contributed by atoms with E-state index in [-0.39, 0.29) is 11.9 Å². The van der Waals surface area contributed by atoms with Crippen molar-refractivity contribution in [1.82, 2.24) is 0 Å². The molecular formula is C16H19FN2O. The zero-order valence-corrected chi connectivity index (χ0v) is 11.9. The van der Waals surface area contributed by atoms with E-state index < -0.39 is 0 Å². The Morgan fingerprint density at radius 2 is 1.80 bits per heavy atom. The van der Waals surface area contributed by atoms with Gasteiger partial charge in [-0.1, -0.05) is 12.1 Å². The Hall–Kier alpha value is -2.07. The average molecular weight is 274 g/mol. The van der Waals surface area contributed by atoms with Gasteiger partial charge in [0.15, 0.2) is 0 Å². The minimum Gasteiger partial charge on any atom is -0.497 e. The molecule has 0 fully saturated rings. The summed E-state index contributed by atoms with van der Waals surface area (Å²) in [5.74, 6) is 0.487. The molecule has 2 aromatic carbocycles. The van der Waals surface area contributed by atoms with Crippen LogP contribution >= 0.6 is 0 Å². The van der Waals surface area contributed by atoms with Crippen LogP contribution in [0, 0.1) is 5.82 Å². The fraction of sp³-hybridized carbons (Fsp3) is 0.250. The quantitative estimate of drug-likeness (QED) is 0.925. The third kappa shape index (κ3) is 2.75. The highest BCUT2D eigenvalue weighted by atomic mass is 19.1. The number of methoxy groups -OCH3 is 1. The molecule has 2 aromatic rings. The number of ether oxygens (including phenoxy) is 1. The van der Waals surface area contributed by atoms with Crippen molar-refractivity contribution in [3.05, 3.63) is 53.8 Å². The van der Waals surface area contributed by atoms with Gasteiger partial charge in [-0.05, 0) is 42.8 Å². The van der Waals surface area contributed by atoms with Gasteiger partial charge in [0.1, 0.15) is 11.6 Å². The zero-order chi connectivity index (χ0) is 14.7. The van der Waals surface area contributed by atoms with Crippen LogP contribution in [0.3, 0.4) is 0 Å². The first-order chi connectivity index (χ1) is 9.54. The molecule has 0 saturated heterocycles. The molecule has 4 heteroatoms. The number of rotatable bonds is 4. The largest absolute Gasteiger partial charge is 0.497 e. The number of halogens is 1. The van der Waals surface area contributed by atoms with Crippen molar-refractivity contribution in [3.63, 3.8) is 0 Å². The van der Waals surface area contributed by atoms with Gasteiger partial charge in [-0.3, -0.25) is 0 Å². The van der Waals surface area contributed by atoms with E-state index in [4.69, 9.17) is 10.5 Å². The predicted octanol–water partition coefficient (Wildman–Crippen LogP) is 3.62. The molecule has 0 aromatic heterocycles. The van der Waals surface area contributed by atoms with Crippen LogP contribution in [-0.4, -0.2) is 14.2 Å². The fourth-order valence-corrected chi connectivity index (χ4v) is 2.19. The minimum absolute atomic E-state index is 0.235. The summed E-state index contributed by atoms with van der Waals surface area (Å²) >= 11 is 0. The van der Waals surface area contributed by atoms with Crippen LogP contribution in [0.1, 0.15) is 18.5 Å². The van der Waals surface area contributed by atoms with Gasteiger partial charge >= 0.3 is 0 Å². The van der Waals surface area contributed by atoms with Crippen LogP contribution in [0.2, 0.25) is 0 Å². The first kappa shape index (κ1) is 14.3. The van der Waals surface area contributed by atoms with E-state index >= 15 is 0 Å². The fourth-order valence-electron chi connectivity index (χ4n) is 2.19. The van der Waals surface area contributed by atoms with Crippen molar-refractivity contribution in [1.29, 1.82) is 0 Å². The van der Waals surface area contributed by atoms with Crippen molar-refractivity contribution >= 4 is 11.4 Å². The molecule has 0 saturated carbocycles. The Kier molecular flexibility index (Phi) is 4.25. The lowest BCUT2D eigenvalue weighted by Gasteiger charge is -2.24. The summed E-state index contributed by atoms with van der Waals surface area (Å²) in [6, 6.07) is 12.2. The first-order valence-electron chi connectivity index (χ1n) is 6.46. The second kappa shape index (κ2) is 5.92. The molecule has 0 spiro atoms. The Morgan fingerprint density at radius 1 is 1.15 bits per heavy atom. The smallest absolute Gasteiger partial charge is 0.147 e. The van der Waals surface area contributed by atoms with E-state index in [2.05, 4.69) is 0 Å². The minimum atomic E-state index is -0.280. The van der Waals surface area contributed by atoms with Gasteiger partial charge in [0.2, 0.25) is 0 Å². The number of nitrogens with zero attached hydrogens (tertiary/aromatic N) is 1. The highest BCUT2D eigenvalue weighted by Gasteiger charge is 2.16. The van der Waals surface area contributed by atoms with E-state index in [1.807, 2.05) is 44.3 Å². The van der Waals surface area contributed by atoms with Crippen molar-refractivity contribution in [2.75, 3.05) is 19.1 Å². The van der Waals surface area contributed by atoms with E-state index in [1.165, 1.54) is 6.07 Å². The summed E-state index contributed by atoms with van der Waals surface area (Å²) in [5, 5.41) is 0. The van der Waals surface area contributed by atoms with E-state index in [0.717, 1.165) is 17.0 Å². The number of nitrogens with two attached hydrogens (primary N) is 1.